The van der Waals surface area contributed by atoms with Crippen molar-refractivity contribution < 1.29 is 14.0 Å². The molecule has 0 bridgehead atoms. The van der Waals surface area contributed by atoms with Crippen LogP contribution >= 0.6 is 11.5 Å². The van der Waals surface area contributed by atoms with Crippen LogP contribution in [-0.2, 0) is 4.79 Å². The van der Waals surface area contributed by atoms with Gasteiger partial charge in [0.15, 0.2) is 5.69 Å². The van der Waals surface area contributed by atoms with E-state index >= 15 is 0 Å². The van der Waals surface area contributed by atoms with Gasteiger partial charge in [-0.2, -0.15) is 0 Å². The van der Waals surface area contributed by atoms with E-state index in [2.05, 4.69) is 14.9 Å². The van der Waals surface area contributed by atoms with Gasteiger partial charge in [-0.15, -0.1) is 5.10 Å². The molecule has 8 heteroatoms. The lowest BCUT2D eigenvalue weighted by molar-refractivity contribution is -0.128. The Morgan fingerprint density at radius 1 is 1.25 bits per heavy atom. The summed E-state index contributed by atoms with van der Waals surface area (Å²) in [6, 6.07) is 4.91. The Kier molecular flexibility index (Phi) is 6.07. The van der Waals surface area contributed by atoms with Crippen LogP contribution in [0.25, 0.3) is 0 Å². The molecule has 28 heavy (non-hydrogen) atoms. The van der Waals surface area contributed by atoms with Gasteiger partial charge >= 0.3 is 0 Å². The van der Waals surface area contributed by atoms with Crippen LogP contribution in [0.1, 0.15) is 68.5 Å². The van der Waals surface area contributed by atoms with E-state index in [0.29, 0.717) is 0 Å². The van der Waals surface area contributed by atoms with Crippen LogP contribution < -0.4 is 5.32 Å². The van der Waals surface area contributed by atoms with Gasteiger partial charge in [-0.3, -0.25) is 9.59 Å². The predicted molar refractivity (Wildman–Crippen MR) is 105 cm³/mol. The van der Waals surface area contributed by atoms with Gasteiger partial charge in [0, 0.05) is 22.5 Å². The van der Waals surface area contributed by atoms with E-state index in [1.54, 1.807) is 23.6 Å². The minimum atomic E-state index is -1.07. The molecule has 0 spiro atoms. The first-order valence-electron chi connectivity index (χ1n) is 9.44. The maximum absolute atomic E-state index is 14.7. The summed E-state index contributed by atoms with van der Waals surface area (Å²) >= 11 is 1.07. The second-order valence-corrected chi connectivity index (χ2v) is 8.71. The lowest BCUT2D eigenvalue weighted by atomic mass is 9.98. The number of nitrogens with zero attached hydrogens (tertiary/aromatic N) is 3. The summed E-state index contributed by atoms with van der Waals surface area (Å²) in [5, 5.41) is 8.37. The number of hydrogen-bond donors (Lipinski definition) is 1. The van der Waals surface area contributed by atoms with E-state index in [-0.39, 0.29) is 17.3 Å². The molecule has 1 N–H and O–H groups in total. The number of aromatic nitrogens is 2. The normalized spacial score (nSPS) is 16.0. The molecule has 0 radical (unpaired) electrons. The number of benzene rings is 1. The maximum atomic E-state index is 14.7. The largest absolute Gasteiger partial charge is 0.349 e. The van der Waals surface area contributed by atoms with Crippen molar-refractivity contribution in [3.05, 3.63) is 46.7 Å². The third-order valence-electron chi connectivity index (χ3n) is 4.76. The van der Waals surface area contributed by atoms with Crippen LogP contribution in [0.15, 0.2) is 29.6 Å². The molecule has 1 atom stereocenters. The summed E-state index contributed by atoms with van der Waals surface area (Å²) in [7, 11) is 0. The van der Waals surface area contributed by atoms with Crippen molar-refractivity contribution >= 4 is 23.3 Å². The summed E-state index contributed by atoms with van der Waals surface area (Å²) in [6.07, 6.45) is 3.48. The van der Waals surface area contributed by atoms with Crippen LogP contribution in [0.3, 0.4) is 0 Å². The third-order valence-corrected chi connectivity index (χ3v) is 5.26. The summed E-state index contributed by atoms with van der Waals surface area (Å²) < 4.78 is 18.5. The highest BCUT2D eigenvalue weighted by Crippen LogP contribution is 2.34. The molecule has 1 aliphatic carbocycles. The molecule has 1 aromatic carbocycles. The zero-order valence-electron chi connectivity index (χ0n) is 16.3. The molecular formula is C20H25FN4O2S. The van der Waals surface area contributed by atoms with Crippen molar-refractivity contribution in [1.82, 2.24) is 19.8 Å². The highest BCUT2D eigenvalue weighted by Gasteiger charge is 2.40. The highest BCUT2D eigenvalue weighted by atomic mass is 32.1. The Labute approximate surface area is 168 Å². The molecule has 1 aromatic heterocycles. The molecule has 6 nitrogen and oxygen atoms in total. The average Bonchev–Trinajstić information content (AvgIpc) is 3.32. The van der Waals surface area contributed by atoms with E-state index < -0.39 is 29.2 Å². The quantitative estimate of drug-likeness (QED) is 0.824. The molecule has 2 aromatic rings. The first-order valence-corrected chi connectivity index (χ1v) is 10.3. The van der Waals surface area contributed by atoms with Gasteiger partial charge in [-0.05, 0) is 51.2 Å². The molecule has 1 fully saturated rings. The van der Waals surface area contributed by atoms with Crippen LogP contribution in [-0.4, -0.2) is 37.9 Å². The topological polar surface area (TPSA) is 75.2 Å². The number of nitrogens with one attached hydrogen (secondary N) is 1. The molecule has 2 amide bonds. The molecule has 0 unspecified atom stereocenters. The fourth-order valence-corrected chi connectivity index (χ4v) is 4.05. The van der Waals surface area contributed by atoms with Gasteiger partial charge in [-0.25, -0.2) is 4.39 Å². The summed E-state index contributed by atoms with van der Waals surface area (Å²) in [5.41, 5.74) is -0.151. The fourth-order valence-electron chi connectivity index (χ4n) is 3.62. The van der Waals surface area contributed by atoms with Crippen LogP contribution in [0, 0.1) is 5.82 Å². The van der Waals surface area contributed by atoms with Crippen molar-refractivity contribution in [1.29, 1.82) is 0 Å². The molecule has 150 valence electrons. The molecule has 0 aliphatic heterocycles. The summed E-state index contributed by atoms with van der Waals surface area (Å²) in [6.45, 7) is 5.57. The fraction of sp³-hybridized carbons (Fsp3) is 0.500. The van der Waals surface area contributed by atoms with Crippen molar-refractivity contribution in [2.45, 2.75) is 64.1 Å². The Morgan fingerprint density at radius 2 is 1.93 bits per heavy atom. The molecule has 1 aliphatic rings. The minimum absolute atomic E-state index is 0.149. The number of carbonyl (C=O) groups is 2. The lowest BCUT2D eigenvalue weighted by Crippen LogP contribution is -2.52. The smallest absolute Gasteiger partial charge is 0.276 e. The zero-order chi connectivity index (χ0) is 20.3. The van der Waals surface area contributed by atoms with E-state index in [9.17, 15) is 14.0 Å². The predicted octanol–water partition coefficient (Wildman–Crippen LogP) is 3.72. The average molecular weight is 405 g/mol. The summed E-state index contributed by atoms with van der Waals surface area (Å²) in [5.74, 6) is -1.30. The first-order chi connectivity index (χ1) is 13.3. The van der Waals surface area contributed by atoms with Crippen LogP contribution in [0.5, 0.6) is 0 Å². The Morgan fingerprint density at radius 3 is 2.50 bits per heavy atom. The van der Waals surface area contributed by atoms with E-state index in [1.807, 2.05) is 20.8 Å². The maximum Gasteiger partial charge on any atom is 0.276 e. The number of rotatable bonds is 5. The van der Waals surface area contributed by atoms with Crippen molar-refractivity contribution in [2.24, 2.45) is 0 Å². The van der Waals surface area contributed by atoms with E-state index in [1.165, 1.54) is 11.0 Å². The number of hydrogen-bond acceptors (Lipinski definition) is 5. The van der Waals surface area contributed by atoms with Crippen LogP contribution in [0.2, 0.25) is 0 Å². The molecular weight excluding hydrogens is 379 g/mol. The summed E-state index contributed by atoms with van der Waals surface area (Å²) in [4.78, 5) is 28.1. The highest BCUT2D eigenvalue weighted by molar-refractivity contribution is 7.03. The number of carbonyl (C=O) groups excluding carboxylic acids is 2. The number of amides is 2. The van der Waals surface area contributed by atoms with Crippen molar-refractivity contribution in [3.8, 4) is 0 Å². The zero-order valence-corrected chi connectivity index (χ0v) is 17.1. The second kappa shape index (κ2) is 8.34. The van der Waals surface area contributed by atoms with Gasteiger partial charge in [0.1, 0.15) is 11.9 Å². The molecule has 1 heterocycles. The minimum Gasteiger partial charge on any atom is -0.349 e. The Hall–Kier alpha value is -2.35. The molecule has 3 rings (SSSR count). The van der Waals surface area contributed by atoms with Gasteiger partial charge < -0.3 is 10.2 Å². The first kappa shape index (κ1) is 20.4. The Bertz CT molecular complexity index is 829. The molecule has 0 saturated heterocycles. The number of halogens is 1. The third kappa shape index (κ3) is 4.55. The van der Waals surface area contributed by atoms with Crippen molar-refractivity contribution in [2.75, 3.05) is 0 Å². The van der Waals surface area contributed by atoms with E-state index in [0.717, 1.165) is 37.2 Å². The molecule has 1 saturated carbocycles. The SMILES string of the molecule is CC(C)(C)NC(=O)[C@@H](c1ccccc1F)N(C(=O)c1csnn1)C1CCCC1. The van der Waals surface area contributed by atoms with Crippen LogP contribution in [0.4, 0.5) is 4.39 Å². The lowest BCUT2D eigenvalue weighted by Gasteiger charge is -2.37. The van der Waals surface area contributed by atoms with Gasteiger partial charge in [-0.1, -0.05) is 35.5 Å². The van der Waals surface area contributed by atoms with Gasteiger partial charge in [0.2, 0.25) is 5.91 Å². The second-order valence-electron chi connectivity index (χ2n) is 8.10. The van der Waals surface area contributed by atoms with E-state index in [4.69, 9.17) is 0 Å². The van der Waals surface area contributed by atoms with Gasteiger partial charge in [0.25, 0.3) is 5.91 Å². The monoisotopic (exact) mass is 404 g/mol. The Balaban J connectivity index is 2.09. The standard InChI is InChI=1S/C20H25FN4O2S/c1-20(2,3)22-18(26)17(14-10-6-7-11-15(14)21)25(13-8-4-5-9-13)19(27)16-12-28-24-23-16/h6-7,10-13,17H,4-5,8-9H2,1-3H3,(H,22,26)/t17-/m1/s1. The van der Waals surface area contributed by atoms with Gasteiger partial charge in [0.05, 0.1) is 0 Å². The van der Waals surface area contributed by atoms with Crippen molar-refractivity contribution in [3.63, 3.8) is 0 Å².